The predicted molar refractivity (Wildman–Crippen MR) is 115 cm³/mol. The lowest BCUT2D eigenvalue weighted by molar-refractivity contribution is -0.137. The molecule has 2 heterocycles. The van der Waals surface area contributed by atoms with E-state index in [2.05, 4.69) is 43.0 Å². The van der Waals surface area contributed by atoms with Crippen molar-refractivity contribution in [3.8, 4) is 0 Å². The minimum absolute atomic E-state index is 0.255. The van der Waals surface area contributed by atoms with E-state index in [0.717, 1.165) is 52.1 Å². The number of benzene rings is 1. The summed E-state index contributed by atoms with van der Waals surface area (Å²) in [4.78, 5) is 31.8. The van der Waals surface area contributed by atoms with Gasteiger partial charge in [0.05, 0.1) is 6.54 Å². The Morgan fingerprint density at radius 2 is 1.62 bits per heavy atom. The van der Waals surface area contributed by atoms with Crippen molar-refractivity contribution in [3.05, 3.63) is 35.4 Å². The van der Waals surface area contributed by atoms with Crippen molar-refractivity contribution in [1.82, 2.24) is 14.7 Å². The molecule has 1 aliphatic carbocycles. The molecule has 0 N–H and O–H groups in total. The Balaban J connectivity index is 1.23. The fraction of sp³-hybridized carbons (Fsp3) is 0.667. The van der Waals surface area contributed by atoms with Gasteiger partial charge in [-0.05, 0) is 48.1 Å². The number of rotatable bonds is 4. The monoisotopic (exact) mass is 397 g/mol. The van der Waals surface area contributed by atoms with Crippen LogP contribution in [0.15, 0.2) is 24.3 Å². The van der Waals surface area contributed by atoms with Crippen LogP contribution in [0.2, 0.25) is 0 Å². The van der Waals surface area contributed by atoms with Crippen LogP contribution in [0.5, 0.6) is 0 Å². The van der Waals surface area contributed by atoms with E-state index in [1.807, 2.05) is 9.80 Å². The Morgan fingerprint density at radius 3 is 2.34 bits per heavy atom. The van der Waals surface area contributed by atoms with E-state index in [9.17, 15) is 9.59 Å². The largest absolute Gasteiger partial charge is 0.341 e. The Morgan fingerprint density at radius 1 is 0.931 bits per heavy atom. The van der Waals surface area contributed by atoms with Crippen molar-refractivity contribution < 1.29 is 9.59 Å². The van der Waals surface area contributed by atoms with Crippen molar-refractivity contribution in [2.45, 2.75) is 45.4 Å². The van der Waals surface area contributed by atoms with Crippen LogP contribution < -0.4 is 0 Å². The van der Waals surface area contributed by atoms with Gasteiger partial charge in [0.15, 0.2) is 0 Å². The quantitative estimate of drug-likeness (QED) is 0.785. The molecule has 5 nitrogen and oxygen atoms in total. The summed E-state index contributed by atoms with van der Waals surface area (Å²) in [5.41, 5.74) is 2.78. The molecule has 0 bridgehead atoms. The number of piperazine rings is 1. The SMILES string of the molecule is CC1CC(C)CN(C(=O)CN2CCN(C(=O)CC3CCc4ccccc43)CC2)C1. The van der Waals surface area contributed by atoms with Gasteiger partial charge in [-0.25, -0.2) is 0 Å². The standard InChI is InChI=1S/C24H35N3O2/c1-18-13-19(2)16-27(15-18)24(29)17-25-9-11-26(12-10-25)23(28)14-21-8-7-20-5-3-4-6-22(20)21/h3-6,18-19,21H,7-17H2,1-2H3. The molecule has 4 rings (SSSR count). The average molecular weight is 398 g/mol. The van der Waals surface area contributed by atoms with Crippen LogP contribution in [0, 0.1) is 11.8 Å². The molecule has 0 saturated carbocycles. The van der Waals surface area contributed by atoms with E-state index < -0.39 is 0 Å². The van der Waals surface area contributed by atoms with Crippen LogP contribution in [0.3, 0.4) is 0 Å². The van der Waals surface area contributed by atoms with Crippen molar-refractivity contribution in [1.29, 1.82) is 0 Å². The van der Waals surface area contributed by atoms with E-state index in [4.69, 9.17) is 0 Å². The third kappa shape index (κ3) is 4.82. The van der Waals surface area contributed by atoms with Gasteiger partial charge in [0.1, 0.15) is 0 Å². The number of carbonyl (C=O) groups excluding carboxylic acids is 2. The highest BCUT2D eigenvalue weighted by molar-refractivity contribution is 5.79. The zero-order valence-electron chi connectivity index (χ0n) is 18.0. The first-order chi connectivity index (χ1) is 14.0. The molecule has 29 heavy (non-hydrogen) atoms. The molecule has 3 aliphatic rings. The van der Waals surface area contributed by atoms with Crippen LogP contribution in [-0.2, 0) is 16.0 Å². The molecule has 3 atom stereocenters. The second kappa shape index (κ2) is 8.86. The second-order valence-corrected chi connectivity index (χ2v) is 9.54. The van der Waals surface area contributed by atoms with Crippen LogP contribution >= 0.6 is 0 Å². The molecule has 2 saturated heterocycles. The molecule has 0 spiro atoms. The van der Waals surface area contributed by atoms with E-state index in [-0.39, 0.29) is 11.8 Å². The molecule has 0 radical (unpaired) electrons. The summed E-state index contributed by atoms with van der Waals surface area (Å²) in [6.45, 7) is 9.86. The van der Waals surface area contributed by atoms with Crippen LogP contribution in [0.25, 0.3) is 0 Å². The number of hydrogen-bond acceptors (Lipinski definition) is 3. The van der Waals surface area contributed by atoms with Crippen molar-refractivity contribution in [3.63, 3.8) is 0 Å². The molecule has 1 aromatic carbocycles. The Labute approximate surface area is 175 Å². The number of carbonyl (C=O) groups is 2. The first-order valence-corrected chi connectivity index (χ1v) is 11.3. The van der Waals surface area contributed by atoms with Crippen LogP contribution in [0.1, 0.15) is 50.2 Å². The van der Waals surface area contributed by atoms with Gasteiger partial charge in [-0.1, -0.05) is 38.1 Å². The number of fused-ring (bicyclic) bond motifs is 1. The van der Waals surface area contributed by atoms with E-state index in [1.54, 1.807) is 0 Å². The van der Waals surface area contributed by atoms with Gasteiger partial charge < -0.3 is 9.80 Å². The zero-order valence-corrected chi connectivity index (χ0v) is 18.0. The minimum Gasteiger partial charge on any atom is -0.341 e. The smallest absolute Gasteiger partial charge is 0.236 e. The number of piperidine rings is 1. The highest BCUT2D eigenvalue weighted by atomic mass is 16.2. The fourth-order valence-corrected chi connectivity index (χ4v) is 5.51. The Hall–Kier alpha value is -1.88. The lowest BCUT2D eigenvalue weighted by Crippen LogP contribution is -2.53. The number of nitrogens with zero attached hydrogens (tertiary/aromatic N) is 3. The van der Waals surface area contributed by atoms with Crippen molar-refractivity contribution in [2.24, 2.45) is 11.8 Å². The third-order valence-electron chi connectivity index (χ3n) is 6.98. The molecule has 3 unspecified atom stereocenters. The molecule has 1 aromatic rings. The van der Waals surface area contributed by atoms with Crippen LogP contribution in [-0.4, -0.2) is 72.3 Å². The van der Waals surface area contributed by atoms with Crippen molar-refractivity contribution in [2.75, 3.05) is 45.8 Å². The average Bonchev–Trinajstić information content (AvgIpc) is 3.11. The second-order valence-electron chi connectivity index (χ2n) is 9.54. The minimum atomic E-state index is 0.255. The summed E-state index contributed by atoms with van der Waals surface area (Å²) in [5, 5.41) is 0. The summed E-state index contributed by atoms with van der Waals surface area (Å²) in [5.74, 6) is 2.10. The zero-order chi connectivity index (χ0) is 20.4. The summed E-state index contributed by atoms with van der Waals surface area (Å²) in [6.07, 6.45) is 4.03. The van der Waals surface area contributed by atoms with Gasteiger partial charge in [-0.3, -0.25) is 14.5 Å². The number of aryl methyl sites for hydroxylation is 1. The van der Waals surface area contributed by atoms with Gasteiger partial charge in [0.25, 0.3) is 0 Å². The van der Waals surface area contributed by atoms with E-state index in [0.29, 0.717) is 30.7 Å². The number of hydrogen-bond donors (Lipinski definition) is 0. The molecular formula is C24H35N3O2. The highest BCUT2D eigenvalue weighted by Gasteiger charge is 2.30. The molecule has 0 aromatic heterocycles. The maximum absolute atomic E-state index is 12.8. The van der Waals surface area contributed by atoms with E-state index >= 15 is 0 Å². The van der Waals surface area contributed by atoms with Gasteiger partial charge >= 0.3 is 0 Å². The fourth-order valence-electron chi connectivity index (χ4n) is 5.51. The third-order valence-corrected chi connectivity index (χ3v) is 6.98. The molecular weight excluding hydrogens is 362 g/mol. The number of amides is 2. The highest BCUT2D eigenvalue weighted by Crippen LogP contribution is 2.35. The molecule has 2 amide bonds. The first kappa shape index (κ1) is 20.4. The Kier molecular flexibility index (Phi) is 6.23. The normalized spacial score (nSPS) is 27.7. The lowest BCUT2D eigenvalue weighted by Gasteiger charge is -2.38. The summed E-state index contributed by atoms with van der Waals surface area (Å²) < 4.78 is 0. The topological polar surface area (TPSA) is 43.9 Å². The Bertz CT molecular complexity index is 731. The van der Waals surface area contributed by atoms with Gasteiger partial charge in [-0.2, -0.15) is 0 Å². The summed E-state index contributed by atoms with van der Waals surface area (Å²) in [6, 6.07) is 8.56. The van der Waals surface area contributed by atoms with Crippen LogP contribution in [0.4, 0.5) is 0 Å². The molecule has 158 valence electrons. The maximum Gasteiger partial charge on any atom is 0.236 e. The van der Waals surface area contributed by atoms with Gasteiger partial charge in [-0.15, -0.1) is 0 Å². The maximum atomic E-state index is 12.8. The predicted octanol–water partition coefficient (Wildman–Crippen LogP) is 2.76. The molecule has 2 fully saturated rings. The molecule has 5 heteroatoms. The first-order valence-electron chi connectivity index (χ1n) is 11.3. The van der Waals surface area contributed by atoms with Gasteiger partial charge in [0, 0.05) is 45.7 Å². The summed E-state index contributed by atoms with van der Waals surface area (Å²) in [7, 11) is 0. The van der Waals surface area contributed by atoms with E-state index in [1.165, 1.54) is 17.5 Å². The van der Waals surface area contributed by atoms with Crippen molar-refractivity contribution >= 4 is 11.8 Å². The molecule has 2 aliphatic heterocycles. The number of likely N-dealkylation sites (tertiary alicyclic amines) is 1. The van der Waals surface area contributed by atoms with Gasteiger partial charge in [0.2, 0.25) is 11.8 Å². The summed E-state index contributed by atoms with van der Waals surface area (Å²) >= 11 is 0. The lowest BCUT2D eigenvalue weighted by atomic mass is 9.92.